The average molecular weight is 316 g/mol. The summed E-state index contributed by atoms with van der Waals surface area (Å²) in [4.78, 5) is 37.8. The number of nitrogens with zero attached hydrogens (tertiary/aromatic N) is 2. The number of carbonyl (C=O) groups is 3. The van der Waals surface area contributed by atoms with Gasteiger partial charge in [-0.3, -0.25) is 9.59 Å². The topological polar surface area (TPSA) is 66.9 Å². The van der Waals surface area contributed by atoms with E-state index in [9.17, 15) is 14.4 Å². The molecule has 0 N–H and O–H groups in total. The summed E-state index contributed by atoms with van der Waals surface area (Å²) in [5.41, 5.74) is 1.29. The van der Waals surface area contributed by atoms with Crippen LogP contribution in [0.3, 0.4) is 0 Å². The van der Waals surface area contributed by atoms with Crippen molar-refractivity contribution in [1.82, 2.24) is 9.80 Å². The quantitative estimate of drug-likeness (QED) is 0.748. The van der Waals surface area contributed by atoms with Crippen LogP contribution in [0.4, 0.5) is 4.79 Å². The summed E-state index contributed by atoms with van der Waals surface area (Å²) < 4.78 is 4.69. The normalized spacial score (nSPS) is 18.1. The number of aryl methyl sites for hydroxylation is 1. The van der Waals surface area contributed by atoms with Gasteiger partial charge in [-0.25, -0.2) is 9.69 Å². The zero-order chi connectivity index (χ0) is 16.2. The van der Waals surface area contributed by atoms with Crippen molar-refractivity contribution in [2.75, 3.05) is 19.7 Å². The molecule has 122 valence electrons. The van der Waals surface area contributed by atoms with E-state index < -0.39 is 6.09 Å². The van der Waals surface area contributed by atoms with E-state index >= 15 is 0 Å². The summed E-state index contributed by atoms with van der Waals surface area (Å²) in [6, 6.07) is 10.00. The first-order valence-corrected chi connectivity index (χ1v) is 7.95. The Morgan fingerprint density at radius 1 is 1.13 bits per heavy atom. The van der Waals surface area contributed by atoms with E-state index in [0.29, 0.717) is 19.5 Å². The third kappa shape index (κ3) is 3.52. The molecule has 3 rings (SSSR count). The molecule has 3 amide bonds. The van der Waals surface area contributed by atoms with Gasteiger partial charge in [0.2, 0.25) is 5.91 Å². The highest BCUT2D eigenvalue weighted by molar-refractivity contribution is 5.98. The molecule has 2 saturated heterocycles. The maximum absolute atomic E-state index is 12.1. The molecule has 0 radical (unpaired) electrons. The van der Waals surface area contributed by atoms with Crippen LogP contribution in [0, 0.1) is 0 Å². The summed E-state index contributed by atoms with van der Waals surface area (Å²) >= 11 is 0. The SMILES string of the molecule is O=C(CCCCc1ccccc1)N1CC(N2C(=O)COC2=O)C1. The number of rotatable bonds is 6. The van der Waals surface area contributed by atoms with Crippen molar-refractivity contribution in [3.05, 3.63) is 35.9 Å². The number of ether oxygens (including phenoxy) is 1. The monoisotopic (exact) mass is 316 g/mol. The van der Waals surface area contributed by atoms with Crippen molar-refractivity contribution < 1.29 is 19.1 Å². The molecule has 0 atom stereocenters. The fourth-order valence-corrected chi connectivity index (χ4v) is 2.95. The molecule has 2 fully saturated rings. The lowest BCUT2D eigenvalue weighted by atomic mass is 10.0. The highest BCUT2D eigenvalue weighted by Gasteiger charge is 2.44. The van der Waals surface area contributed by atoms with Gasteiger partial charge in [-0.05, 0) is 24.8 Å². The number of hydrogen-bond acceptors (Lipinski definition) is 4. The Bertz CT molecular complexity index is 580. The molecule has 6 heteroatoms. The Kier molecular flexibility index (Phi) is 4.60. The Morgan fingerprint density at radius 3 is 2.52 bits per heavy atom. The summed E-state index contributed by atoms with van der Waals surface area (Å²) in [6.07, 6.45) is 2.72. The Morgan fingerprint density at radius 2 is 1.87 bits per heavy atom. The highest BCUT2D eigenvalue weighted by Crippen LogP contribution is 2.21. The van der Waals surface area contributed by atoms with Gasteiger partial charge in [0.25, 0.3) is 5.91 Å². The minimum Gasteiger partial charge on any atom is -0.439 e. The van der Waals surface area contributed by atoms with Gasteiger partial charge in [0, 0.05) is 19.5 Å². The number of amides is 3. The summed E-state index contributed by atoms with van der Waals surface area (Å²) in [5.74, 6) is -0.218. The second kappa shape index (κ2) is 6.81. The lowest BCUT2D eigenvalue weighted by molar-refractivity contribution is -0.142. The summed E-state index contributed by atoms with van der Waals surface area (Å²) in [7, 11) is 0. The van der Waals surface area contributed by atoms with E-state index in [2.05, 4.69) is 16.9 Å². The molecule has 2 aliphatic rings. The zero-order valence-electron chi connectivity index (χ0n) is 12.9. The first kappa shape index (κ1) is 15.5. The Balaban J connectivity index is 1.35. The lowest BCUT2D eigenvalue weighted by Gasteiger charge is -2.42. The summed E-state index contributed by atoms with van der Waals surface area (Å²) in [5, 5.41) is 0. The third-order valence-corrected chi connectivity index (χ3v) is 4.31. The molecule has 0 aromatic heterocycles. The van der Waals surface area contributed by atoms with E-state index in [0.717, 1.165) is 24.2 Å². The molecular weight excluding hydrogens is 296 g/mol. The molecule has 0 aliphatic carbocycles. The largest absolute Gasteiger partial charge is 0.439 e. The molecular formula is C17H20N2O4. The molecule has 1 aromatic carbocycles. The van der Waals surface area contributed by atoms with Crippen LogP contribution < -0.4 is 0 Å². The predicted molar refractivity (Wildman–Crippen MR) is 82.6 cm³/mol. The van der Waals surface area contributed by atoms with Crippen molar-refractivity contribution in [2.24, 2.45) is 0 Å². The molecule has 0 bridgehead atoms. The van der Waals surface area contributed by atoms with Crippen LogP contribution in [0.1, 0.15) is 24.8 Å². The highest BCUT2D eigenvalue weighted by atomic mass is 16.6. The second-order valence-corrected chi connectivity index (χ2v) is 5.96. The maximum atomic E-state index is 12.1. The van der Waals surface area contributed by atoms with Crippen molar-refractivity contribution in [3.63, 3.8) is 0 Å². The van der Waals surface area contributed by atoms with E-state index in [1.54, 1.807) is 4.90 Å². The van der Waals surface area contributed by atoms with Crippen LogP contribution in [0.5, 0.6) is 0 Å². The van der Waals surface area contributed by atoms with Gasteiger partial charge in [0.1, 0.15) is 0 Å². The van der Waals surface area contributed by atoms with E-state index in [-0.39, 0.29) is 24.5 Å². The molecule has 6 nitrogen and oxygen atoms in total. The van der Waals surface area contributed by atoms with E-state index in [4.69, 9.17) is 0 Å². The van der Waals surface area contributed by atoms with Gasteiger partial charge in [-0.15, -0.1) is 0 Å². The first-order valence-electron chi connectivity index (χ1n) is 7.95. The standard InChI is InChI=1S/C17H20N2O4/c20-15(9-5-4-8-13-6-2-1-3-7-13)18-10-14(11-18)19-16(21)12-23-17(19)22/h1-3,6-7,14H,4-5,8-12H2. The van der Waals surface area contributed by atoms with Crippen LogP contribution in [0.2, 0.25) is 0 Å². The van der Waals surface area contributed by atoms with Crippen LogP contribution in [0.15, 0.2) is 30.3 Å². The van der Waals surface area contributed by atoms with Gasteiger partial charge in [0.15, 0.2) is 6.61 Å². The van der Waals surface area contributed by atoms with Crippen molar-refractivity contribution in [1.29, 1.82) is 0 Å². The molecule has 0 spiro atoms. The van der Waals surface area contributed by atoms with Gasteiger partial charge in [0.05, 0.1) is 6.04 Å². The number of cyclic esters (lactones) is 1. The molecule has 23 heavy (non-hydrogen) atoms. The van der Waals surface area contributed by atoms with Gasteiger partial charge in [-0.1, -0.05) is 30.3 Å². The number of imide groups is 1. The molecule has 2 aliphatic heterocycles. The summed E-state index contributed by atoms with van der Waals surface area (Å²) in [6.45, 7) is 0.680. The van der Waals surface area contributed by atoms with Crippen LogP contribution in [0.25, 0.3) is 0 Å². The average Bonchev–Trinajstić information content (AvgIpc) is 2.83. The van der Waals surface area contributed by atoms with E-state index in [1.165, 1.54) is 5.56 Å². The van der Waals surface area contributed by atoms with Crippen LogP contribution in [-0.2, 0) is 20.7 Å². The first-order chi connectivity index (χ1) is 11.1. The minimum absolute atomic E-state index is 0.0920. The third-order valence-electron chi connectivity index (χ3n) is 4.31. The maximum Gasteiger partial charge on any atom is 0.417 e. The number of hydrogen-bond donors (Lipinski definition) is 0. The fraction of sp³-hybridized carbons (Fsp3) is 0.471. The Labute approximate surface area is 135 Å². The van der Waals surface area contributed by atoms with Crippen LogP contribution >= 0.6 is 0 Å². The van der Waals surface area contributed by atoms with Crippen molar-refractivity contribution >= 4 is 17.9 Å². The smallest absolute Gasteiger partial charge is 0.417 e. The molecule has 1 aromatic rings. The number of likely N-dealkylation sites (tertiary alicyclic amines) is 1. The van der Waals surface area contributed by atoms with Gasteiger partial charge >= 0.3 is 6.09 Å². The molecule has 2 heterocycles. The van der Waals surface area contributed by atoms with Gasteiger partial charge in [-0.2, -0.15) is 0 Å². The number of unbranched alkanes of at least 4 members (excludes halogenated alkanes) is 1. The fourth-order valence-electron chi connectivity index (χ4n) is 2.95. The molecule has 0 unspecified atom stereocenters. The zero-order valence-corrected chi connectivity index (χ0v) is 12.9. The predicted octanol–water partition coefficient (Wildman–Crippen LogP) is 1.59. The van der Waals surface area contributed by atoms with Crippen LogP contribution in [-0.4, -0.2) is 53.4 Å². The number of carbonyl (C=O) groups excluding carboxylic acids is 3. The minimum atomic E-state index is -0.588. The second-order valence-electron chi connectivity index (χ2n) is 5.96. The van der Waals surface area contributed by atoms with Crippen molar-refractivity contribution in [3.8, 4) is 0 Å². The lowest BCUT2D eigenvalue weighted by Crippen LogP contribution is -2.62. The van der Waals surface area contributed by atoms with Crippen molar-refractivity contribution in [2.45, 2.75) is 31.7 Å². The number of benzene rings is 1. The Hall–Kier alpha value is -2.37. The van der Waals surface area contributed by atoms with Gasteiger partial charge < -0.3 is 9.64 Å². The molecule has 0 saturated carbocycles. The van der Waals surface area contributed by atoms with E-state index in [1.807, 2.05) is 18.2 Å².